The maximum atomic E-state index is 2.45. The normalized spacial score (nSPS) is 39.0. The molecule has 1 nitrogen and oxygen atoms in total. The molecule has 2 atom stereocenters. The third-order valence-corrected chi connectivity index (χ3v) is 2.43. The van der Waals surface area contributed by atoms with Crippen molar-refractivity contribution in [1.82, 2.24) is 4.90 Å². The average Bonchev–Trinajstić information content (AvgIpc) is 1.80. The van der Waals surface area contributed by atoms with Crippen molar-refractivity contribution in [1.29, 1.82) is 0 Å². The molecule has 0 bridgehead atoms. The van der Waals surface area contributed by atoms with E-state index >= 15 is 0 Å². The van der Waals surface area contributed by atoms with Crippen LogP contribution in [0, 0.1) is 5.92 Å². The van der Waals surface area contributed by atoms with E-state index in [1.807, 2.05) is 0 Å². The van der Waals surface area contributed by atoms with Crippen LogP contribution in [0.3, 0.4) is 0 Å². The fourth-order valence-electron chi connectivity index (χ4n) is 1.51. The fraction of sp³-hybridized carbons (Fsp3) is 1.00. The van der Waals surface area contributed by atoms with Crippen LogP contribution in [-0.4, -0.2) is 24.5 Å². The predicted octanol–water partition coefficient (Wildman–Crippen LogP) is 1.74. The van der Waals surface area contributed by atoms with E-state index in [4.69, 9.17) is 0 Å². The summed E-state index contributed by atoms with van der Waals surface area (Å²) in [7, 11) is 2.22. The van der Waals surface area contributed by atoms with Crippen LogP contribution >= 0.6 is 0 Å². The number of piperidine rings is 1. The minimum atomic E-state index is 0.821. The van der Waals surface area contributed by atoms with Crippen molar-refractivity contribution in [3.63, 3.8) is 0 Å². The van der Waals surface area contributed by atoms with E-state index in [0.29, 0.717) is 0 Å². The van der Waals surface area contributed by atoms with E-state index in [2.05, 4.69) is 25.8 Å². The van der Waals surface area contributed by atoms with Gasteiger partial charge in [-0.25, -0.2) is 0 Å². The summed E-state index contributed by atoms with van der Waals surface area (Å²) in [6, 6.07) is 0.821. The van der Waals surface area contributed by atoms with E-state index in [1.54, 1.807) is 0 Å². The monoisotopic (exact) mass is 127 g/mol. The highest BCUT2D eigenvalue weighted by molar-refractivity contribution is 4.73. The molecule has 1 saturated heterocycles. The molecular weight excluding hydrogens is 110 g/mol. The Morgan fingerprint density at radius 2 is 1.89 bits per heavy atom. The van der Waals surface area contributed by atoms with Crippen LogP contribution in [0.4, 0.5) is 0 Å². The summed E-state index contributed by atoms with van der Waals surface area (Å²) < 4.78 is 0. The number of rotatable bonds is 0. The number of hydrogen-bond acceptors (Lipinski definition) is 1. The molecule has 1 unspecified atom stereocenters. The van der Waals surface area contributed by atoms with Crippen molar-refractivity contribution in [2.45, 2.75) is 32.7 Å². The minimum absolute atomic E-state index is 0.821. The second-order valence-corrected chi connectivity index (χ2v) is 3.47. The Morgan fingerprint density at radius 3 is 2.33 bits per heavy atom. The van der Waals surface area contributed by atoms with Crippen LogP contribution in [0.15, 0.2) is 0 Å². The van der Waals surface area contributed by atoms with E-state index < -0.39 is 0 Å². The van der Waals surface area contributed by atoms with Gasteiger partial charge in [-0.05, 0) is 32.7 Å². The first-order chi connectivity index (χ1) is 4.20. The van der Waals surface area contributed by atoms with Crippen molar-refractivity contribution in [3.05, 3.63) is 0 Å². The first-order valence-corrected chi connectivity index (χ1v) is 3.90. The van der Waals surface area contributed by atoms with Gasteiger partial charge < -0.3 is 4.90 Å². The van der Waals surface area contributed by atoms with E-state index in [9.17, 15) is 0 Å². The lowest BCUT2D eigenvalue weighted by molar-refractivity contribution is 0.158. The molecule has 0 aromatic heterocycles. The van der Waals surface area contributed by atoms with Crippen LogP contribution in [-0.2, 0) is 0 Å². The topological polar surface area (TPSA) is 3.24 Å². The summed E-state index contributed by atoms with van der Waals surface area (Å²) in [5.41, 5.74) is 0. The molecule has 1 heterocycles. The highest BCUT2D eigenvalue weighted by Gasteiger charge is 2.18. The van der Waals surface area contributed by atoms with E-state index in [-0.39, 0.29) is 0 Å². The number of hydrogen-bond donors (Lipinski definition) is 0. The van der Waals surface area contributed by atoms with Gasteiger partial charge in [0, 0.05) is 12.6 Å². The molecule has 0 aromatic rings. The van der Waals surface area contributed by atoms with Gasteiger partial charge in [0.05, 0.1) is 0 Å². The van der Waals surface area contributed by atoms with Crippen LogP contribution in [0.5, 0.6) is 0 Å². The van der Waals surface area contributed by atoms with Crippen molar-refractivity contribution >= 4 is 0 Å². The Labute approximate surface area is 58.0 Å². The van der Waals surface area contributed by atoms with Gasteiger partial charge in [-0.1, -0.05) is 6.92 Å². The zero-order valence-corrected chi connectivity index (χ0v) is 6.72. The van der Waals surface area contributed by atoms with Gasteiger partial charge >= 0.3 is 0 Å². The molecule has 0 N–H and O–H groups in total. The third-order valence-electron chi connectivity index (χ3n) is 2.43. The fourth-order valence-corrected chi connectivity index (χ4v) is 1.51. The van der Waals surface area contributed by atoms with Crippen molar-refractivity contribution < 1.29 is 0 Å². The Morgan fingerprint density at radius 1 is 1.22 bits per heavy atom. The second kappa shape index (κ2) is 2.70. The molecule has 0 radical (unpaired) electrons. The minimum Gasteiger partial charge on any atom is -0.303 e. The smallest absolute Gasteiger partial charge is 0.00641 e. The lowest BCUT2D eigenvalue weighted by Crippen LogP contribution is -2.37. The van der Waals surface area contributed by atoms with Crippen LogP contribution < -0.4 is 0 Å². The Kier molecular flexibility index (Phi) is 2.12. The van der Waals surface area contributed by atoms with Gasteiger partial charge in [-0.3, -0.25) is 0 Å². The molecule has 0 amide bonds. The third kappa shape index (κ3) is 1.68. The van der Waals surface area contributed by atoms with Gasteiger partial charge in [0.15, 0.2) is 0 Å². The Hall–Kier alpha value is -0.0400. The quantitative estimate of drug-likeness (QED) is 0.479. The molecule has 1 aliphatic heterocycles. The molecule has 0 aliphatic carbocycles. The molecule has 54 valence electrons. The van der Waals surface area contributed by atoms with Gasteiger partial charge in [-0.15, -0.1) is 0 Å². The molecule has 1 heteroatoms. The molecule has 1 rings (SSSR count). The molecule has 0 spiro atoms. The Balaban J connectivity index is 2.35. The lowest BCUT2D eigenvalue weighted by Gasteiger charge is -2.33. The van der Waals surface area contributed by atoms with Gasteiger partial charge in [-0.2, -0.15) is 0 Å². The molecule has 1 fully saturated rings. The highest BCUT2D eigenvalue weighted by atomic mass is 15.1. The first kappa shape index (κ1) is 7.07. The maximum absolute atomic E-state index is 2.45. The van der Waals surface area contributed by atoms with Gasteiger partial charge in [0.25, 0.3) is 0 Å². The van der Waals surface area contributed by atoms with Crippen LogP contribution in [0.1, 0.15) is 26.7 Å². The zero-order chi connectivity index (χ0) is 6.85. The van der Waals surface area contributed by atoms with Gasteiger partial charge in [0.1, 0.15) is 0 Å². The molecular formula is C8H17N. The summed E-state index contributed by atoms with van der Waals surface area (Å²) in [6.45, 7) is 5.94. The molecule has 1 aliphatic rings. The highest BCUT2D eigenvalue weighted by Crippen LogP contribution is 2.18. The summed E-state index contributed by atoms with van der Waals surface area (Å²) in [5.74, 6) is 0.922. The molecule has 9 heavy (non-hydrogen) atoms. The number of nitrogens with zero attached hydrogens (tertiary/aromatic N) is 1. The first-order valence-electron chi connectivity index (χ1n) is 3.90. The van der Waals surface area contributed by atoms with Gasteiger partial charge in [0.2, 0.25) is 0 Å². The zero-order valence-electron chi connectivity index (χ0n) is 6.72. The predicted molar refractivity (Wildman–Crippen MR) is 40.5 cm³/mol. The summed E-state index contributed by atoms with van der Waals surface area (Å²) >= 11 is 0. The maximum Gasteiger partial charge on any atom is 0.00641 e. The molecule has 0 saturated carbocycles. The SMILES string of the molecule is CC1CC[C@H](C)CN1C. The van der Waals surface area contributed by atoms with E-state index in [1.165, 1.54) is 19.4 Å². The van der Waals surface area contributed by atoms with Crippen LogP contribution in [0.2, 0.25) is 0 Å². The average molecular weight is 127 g/mol. The van der Waals surface area contributed by atoms with E-state index in [0.717, 1.165) is 12.0 Å². The van der Waals surface area contributed by atoms with Crippen molar-refractivity contribution in [2.75, 3.05) is 13.6 Å². The van der Waals surface area contributed by atoms with Crippen molar-refractivity contribution in [3.8, 4) is 0 Å². The standard InChI is InChI=1S/C8H17N/c1-7-4-5-8(2)9(3)6-7/h7-8H,4-6H2,1-3H3/t7-,8?/m0/s1. The van der Waals surface area contributed by atoms with Crippen LogP contribution in [0.25, 0.3) is 0 Å². The Bertz CT molecular complexity index is 90.6. The summed E-state index contributed by atoms with van der Waals surface area (Å²) in [4.78, 5) is 2.45. The largest absolute Gasteiger partial charge is 0.303 e. The van der Waals surface area contributed by atoms with Crippen molar-refractivity contribution in [2.24, 2.45) is 5.92 Å². The molecule has 0 aromatic carbocycles. The lowest BCUT2D eigenvalue weighted by atomic mass is 9.96. The second-order valence-electron chi connectivity index (χ2n) is 3.47. The number of likely N-dealkylation sites (tertiary alicyclic amines) is 1. The summed E-state index contributed by atoms with van der Waals surface area (Å²) in [5, 5.41) is 0. The summed E-state index contributed by atoms with van der Waals surface area (Å²) in [6.07, 6.45) is 2.81.